The minimum atomic E-state index is -3.20. The predicted molar refractivity (Wildman–Crippen MR) is 68.4 cm³/mol. The molecule has 0 aromatic heterocycles. The van der Waals surface area contributed by atoms with Gasteiger partial charge in [-0.3, -0.25) is 0 Å². The molecule has 0 amide bonds. The third kappa shape index (κ3) is 5.81. The second-order valence-electron chi connectivity index (χ2n) is 4.71. The van der Waals surface area contributed by atoms with Gasteiger partial charge in [0, 0.05) is 25.7 Å². The second-order valence-corrected chi connectivity index (χ2v) is 6.64. The summed E-state index contributed by atoms with van der Waals surface area (Å²) in [5.41, 5.74) is 0. The lowest BCUT2D eigenvalue weighted by Crippen LogP contribution is -2.38. The van der Waals surface area contributed by atoms with Crippen LogP contribution in [-0.2, 0) is 10.0 Å². The van der Waals surface area contributed by atoms with Crippen molar-refractivity contribution in [2.24, 2.45) is 0 Å². The number of nitrogens with zero attached hydrogens (tertiary/aromatic N) is 1. The fourth-order valence-electron chi connectivity index (χ4n) is 2.23. The Morgan fingerprint density at radius 1 is 1.35 bits per heavy atom. The van der Waals surface area contributed by atoms with Crippen LogP contribution in [0, 0.1) is 0 Å². The summed E-state index contributed by atoms with van der Waals surface area (Å²) in [7, 11) is -1.15. The van der Waals surface area contributed by atoms with Crippen molar-refractivity contribution >= 4 is 10.0 Å². The van der Waals surface area contributed by atoms with E-state index in [-0.39, 0.29) is 12.4 Å². The molecule has 2 N–H and O–H groups in total. The Bertz CT molecular complexity index is 300. The first-order valence-electron chi connectivity index (χ1n) is 6.33. The maximum absolute atomic E-state index is 11.5. The number of sulfonamides is 1. The topological polar surface area (TPSA) is 69.6 Å². The van der Waals surface area contributed by atoms with Crippen molar-refractivity contribution in [3.8, 4) is 0 Å². The zero-order chi connectivity index (χ0) is 12.7. The van der Waals surface area contributed by atoms with Gasteiger partial charge in [-0.2, -0.15) is 0 Å². The van der Waals surface area contributed by atoms with Crippen molar-refractivity contribution in [1.82, 2.24) is 9.62 Å². The standard InChI is InChI=1S/C11H24N2O3S/c1-13(11-5-2-3-6-11)8-7-12-17(15,16)10-4-9-14/h11-12,14H,2-10H2,1H3. The Balaban J connectivity index is 2.17. The highest BCUT2D eigenvalue weighted by Gasteiger charge is 2.19. The van der Waals surface area contributed by atoms with E-state index in [1.165, 1.54) is 25.7 Å². The summed E-state index contributed by atoms with van der Waals surface area (Å²) >= 11 is 0. The summed E-state index contributed by atoms with van der Waals surface area (Å²) < 4.78 is 25.5. The molecule has 1 aliphatic rings. The van der Waals surface area contributed by atoms with Gasteiger partial charge in [-0.15, -0.1) is 0 Å². The van der Waals surface area contributed by atoms with Crippen LogP contribution in [0.4, 0.5) is 0 Å². The van der Waals surface area contributed by atoms with E-state index in [1.54, 1.807) is 0 Å². The van der Waals surface area contributed by atoms with Crippen molar-refractivity contribution in [1.29, 1.82) is 0 Å². The smallest absolute Gasteiger partial charge is 0.211 e. The molecule has 1 rings (SSSR count). The predicted octanol–water partition coefficient (Wildman–Crippen LogP) is 0.163. The number of nitrogens with one attached hydrogen (secondary N) is 1. The minimum Gasteiger partial charge on any atom is -0.396 e. The molecule has 0 aromatic carbocycles. The molecular formula is C11H24N2O3S. The van der Waals surface area contributed by atoms with E-state index in [1.807, 2.05) is 0 Å². The number of hydrogen-bond acceptors (Lipinski definition) is 4. The number of likely N-dealkylation sites (N-methyl/N-ethyl adjacent to an activating group) is 1. The van der Waals surface area contributed by atoms with Crippen LogP contribution in [0.15, 0.2) is 0 Å². The fraction of sp³-hybridized carbons (Fsp3) is 1.00. The summed E-state index contributed by atoms with van der Waals surface area (Å²) in [6.45, 7) is 1.13. The van der Waals surface area contributed by atoms with Gasteiger partial charge < -0.3 is 10.0 Å². The van der Waals surface area contributed by atoms with E-state index in [9.17, 15) is 8.42 Å². The van der Waals surface area contributed by atoms with Gasteiger partial charge in [0.1, 0.15) is 0 Å². The first-order chi connectivity index (χ1) is 8.05. The van der Waals surface area contributed by atoms with Crippen molar-refractivity contribution in [3.63, 3.8) is 0 Å². The molecule has 5 nitrogen and oxygen atoms in total. The molecule has 0 spiro atoms. The molecule has 0 aromatic rings. The normalized spacial score (nSPS) is 18.1. The first kappa shape index (κ1) is 14.9. The van der Waals surface area contributed by atoms with E-state index in [0.29, 0.717) is 19.0 Å². The highest BCUT2D eigenvalue weighted by Crippen LogP contribution is 2.21. The molecule has 0 bridgehead atoms. The number of aliphatic hydroxyl groups is 1. The van der Waals surface area contributed by atoms with Crippen LogP contribution < -0.4 is 4.72 Å². The fourth-order valence-corrected chi connectivity index (χ4v) is 3.29. The van der Waals surface area contributed by atoms with E-state index < -0.39 is 10.0 Å². The molecule has 1 fully saturated rings. The number of rotatable bonds is 8. The van der Waals surface area contributed by atoms with Crippen molar-refractivity contribution in [2.75, 3.05) is 32.5 Å². The Kier molecular flexibility index (Phi) is 6.40. The van der Waals surface area contributed by atoms with Gasteiger partial charge in [0.05, 0.1) is 5.75 Å². The Morgan fingerprint density at radius 2 is 2.00 bits per heavy atom. The van der Waals surface area contributed by atoms with Crippen molar-refractivity contribution in [3.05, 3.63) is 0 Å². The van der Waals surface area contributed by atoms with Gasteiger partial charge in [0.25, 0.3) is 0 Å². The monoisotopic (exact) mass is 264 g/mol. The van der Waals surface area contributed by atoms with Crippen LogP contribution in [0.1, 0.15) is 32.1 Å². The van der Waals surface area contributed by atoms with Crippen molar-refractivity contribution < 1.29 is 13.5 Å². The van der Waals surface area contributed by atoms with E-state index >= 15 is 0 Å². The lowest BCUT2D eigenvalue weighted by atomic mass is 10.2. The summed E-state index contributed by atoms with van der Waals surface area (Å²) in [5, 5.41) is 8.59. The van der Waals surface area contributed by atoms with E-state index in [0.717, 1.165) is 6.54 Å². The van der Waals surface area contributed by atoms with Gasteiger partial charge in [0.15, 0.2) is 0 Å². The lowest BCUT2D eigenvalue weighted by molar-refractivity contribution is 0.249. The lowest BCUT2D eigenvalue weighted by Gasteiger charge is -2.23. The molecule has 0 unspecified atom stereocenters. The van der Waals surface area contributed by atoms with Crippen LogP contribution in [-0.4, -0.2) is 57.0 Å². The average Bonchev–Trinajstić information content (AvgIpc) is 2.79. The zero-order valence-corrected chi connectivity index (χ0v) is 11.4. The third-order valence-corrected chi connectivity index (χ3v) is 4.78. The highest BCUT2D eigenvalue weighted by molar-refractivity contribution is 7.89. The molecule has 17 heavy (non-hydrogen) atoms. The van der Waals surface area contributed by atoms with Gasteiger partial charge in [-0.25, -0.2) is 13.1 Å². The Morgan fingerprint density at radius 3 is 2.59 bits per heavy atom. The van der Waals surface area contributed by atoms with Gasteiger partial charge >= 0.3 is 0 Å². The van der Waals surface area contributed by atoms with Crippen molar-refractivity contribution in [2.45, 2.75) is 38.1 Å². The van der Waals surface area contributed by atoms with Gasteiger partial charge in [0.2, 0.25) is 10.0 Å². The Hall–Kier alpha value is -0.170. The SMILES string of the molecule is CN(CCNS(=O)(=O)CCCO)C1CCCC1. The molecule has 0 heterocycles. The molecule has 0 aliphatic heterocycles. The van der Waals surface area contributed by atoms with E-state index in [2.05, 4.69) is 16.7 Å². The largest absolute Gasteiger partial charge is 0.396 e. The molecule has 102 valence electrons. The molecule has 0 saturated heterocycles. The van der Waals surface area contributed by atoms with Crippen LogP contribution in [0.2, 0.25) is 0 Å². The first-order valence-corrected chi connectivity index (χ1v) is 7.99. The maximum Gasteiger partial charge on any atom is 0.211 e. The van der Waals surface area contributed by atoms with Crippen LogP contribution in [0.3, 0.4) is 0 Å². The summed E-state index contributed by atoms with van der Waals surface area (Å²) in [6, 6.07) is 0.622. The third-order valence-electron chi connectivity index (χ3n) is 3.31. The Labute approximate surface area is 104 Å². The zero-order valence-electron chi connectivity index (χ0n) is 10.6. The molecule has 6 heteroatoms. The van der Waals surface area contributed by atoms with Crippen LogP contribution in [0.5, 0.6) is 0 Å². The van der Waals surface area contributed by atoms with E-state index in [4.69, 9.17) is 5.11 Å². The second kappa shape index (κ2) is 7.31. The number of hydrogen-bond donors (Lipinski definition) is 2. The summed E-state index contributed by atoms with van der Waals surface area (Å²) in [4.78, 5) is 2.24. The van der Waals surface area contributed by atoms with Crippen LogP contribution in [0.25, 0.3) is 0 Å². The summed E-state index contributed by atoms with van der Waals surface area (Å²) in [5.74, 6) is 0.0106. The van der Waals surface area contributed by atoms with Gasteiger partial charge in [-0.05, 0) is 26.3 Å². The maximum atomic E-state index is 11.5. The van der Waals surface area contributed by atoms with Crippen LogP contribution >= 0.6 is 0 Å². The molecule has 1 saturated carbocycles. The minimum absolute atomic E-state index is 0.0106. The number of aliphatic hydroxyl groups excluding tert-OH is 1. The highest BCUT2D eigenvalue weighted by atomic mass is 32.2. The molecule has 1 aliphatic carbocycles. The average molecular weight is 264 g/mol. The molecule has 0 atom stereocenters. The quantitative estimate of drug-likeness (QED) is 0.655. The summed E-state index contributed by atoms with van der Waals surface area (Å²) in [6.07, 6.45) is 5.34. The molecule has 0 radical (unpaired) electrons. The molecular weight excluding hydrogens is 240 g/mol. The van der Waals surface area contributed by atoms with Gasteiger partial charge in [-0.1, -0.05) is 12.8 Å².